The van der Waals surface area contributed by atoms with Crippen molar-refractivity contribution in [1.29, 1.82) is 0 Å². The molecule has 4 aromatic rings. The van der Waals surface area contributed by atoms with Crippen LogP contribution in [0.5, 0.6) is 11.5 Å². The summed E-state index contributed by atoms with van der Waals surface area (Å²) in [4.78, 5) is 23.6. The molecule has 2 aliphatic rings. The van der Waals surface area contributed by atoms with Crippen LogP contribution in [0.25, 0.3) is 22.3 Å². The maximum Gasteiger partial charge on any atom is 0.246 e. The minimum Gasteiger partial charge on any atom is -0.457 e. The van der Waals surface area contributed by atoms with Gasteiger partial charge in [-0.15, -0.1) is 0 Å². The summed E-state index contributed by atoms with van der Waals surface area (Å²) in [7, 11) is 0. The number of ether oxygens (including phenoxy) is 1. The van der Waals surface area contributed by atoms with Gasteiger partial charge in [0, 0.05) is 37.3 Å². The van der Waals surface area contributed by atoms with Crippen molar-refractivity contribution in [3.63, 3.8) is 0 Å². The molecule has 206 valence electrons. The van der Waals surface area contributed by atoms with Gasteiger partial charge in [-0.25, -0.2) is 14.6 Å². The van der Waals surface area contributed by atoms with E-state index in [4.69, 9.17) is 15.6 Å². The molecule has 0 spiro atoms. The SMILES string of the molecule is Nc1ncnc2c1c(-c1ccc(Oc3ccccc3)cc1)nn2[C@@H]1CCN(C(=O)C=CCNC2CCCCC2)C1. The van der Waals surface area contributed by atoms with E-state index in [1.165, 1.54) is 38.4 Å². The number of hydrogen-bond donors (Lipinski definition) is 2. The summed E-state index contributed by atoms with van der Waals surface area (Å²) in [6.45, 7) is 1.97. The van der Waals surface area contributed by atoms with Crippen LogP contribution in [0.3, 0.4) is 0 Å². The summed E-state index contributed by atoms with van der Waals surface area (Å²) in [6.07, 6.45) is 12.3. The van der Waals surface area contributed by atoms with Gasteiger partial charge in [0.2, 0.25) is 5.91 Å². The number of nitrogens with two attached hydrogens (primary N) is 1. The normalized spacial score (nSPS) is 18.1. The number of hydrogen-bond acceptors (Lipinski definition) is 7. The Hall–Kier alpha value is -4.24. The number of fused-ring (bicyclic) bond motifs is 1. The molecule has 1 saturated heterocycles. The number of anilines is 1. The van der Waals surface area contributed by atoms with Gasteiger partial charge < -0.3 is 20.7 Å². The monoisotopic (exact) mass is 537 g/mol. The summed E-state index contributed by atoms with van der Waals surface area (Å²) in [5.74, 6) is 1.93. The van der Waals surface area contributed by atoms with Gasteiger partial charge in [-0.1, -0.05) is 43.5 Å². The van der Waals surface area contributed by atoms with Gasteiger partial charge in [0.05, 0.1) is 11.4 Å². The van der Waals surface area contributed by atoms with Gasteiger partial charge in [-0.3, -0.25) is 4.79 Å². The number of nitrogen functional groups attached to an aromatic ring is 1. The molecule has 1 atom stereocenters. The van der Waals surface area contributed by atoms with Crippen LogP contribution in [-0.2, 0) is 4.79 Å². The highest BCUT2D eigenvalue weighted by Gasteiger charge is 2.30. The highest BCUT2D eigenvalue weighted by Crippen LogP contribution is 2.35. The van der Waals surface area contributed by atoms with Gasteiger partial charge in [0.1, 0.15) is 29.3 Å². The molecule has 1 amide bonds. The predicted octanol–water partition coefficient (Wildman–Crippen LogP) is 5.12. The first kappa shape index (κ1) is 26.0. The standard InChI is InChI=1S/C31H35N7O2/c32-30-28-29(22-13-15-26(16-14-22)40-25-10-5-2-6-11-25)36-38(31(28)35-21-34-30)24-17-19-37(20-24)27(39)12-7-18-33-23-8-3-1-4-9-23/h2,5-7,10-16,21,23-24,33H,1,3-4,8-9,17-20H2,(H2,32,34,35)/t24-/m1/s1. The Morgan fingerprint density at radius 2 is 1.77 bits per heavy atom. The molecule has 0 bridgehead atoms. The molecule has 2 fully saturated rings. The van der Waals surface area contributed by atoms with Crippen molar-refractivity contribution < 1.29 is 9.53 Å². The zero-order chi connectivity index (χ0) is 27.3. The summed E-state index contributed by atoms with van der Waals surface area (Å²) in [6, 6.07) is 18.0. The number of rotatable bonds is 8. The summed E-state index contributed by atoms with van der Waals surface area (Å²) in [5, 5.41) is 9.24. The number of carbonyl (C=O) groups is 1. The fourth-order valence-corrected chi connectivity index (χ4v) is 5.71. The lowest BCUT2D eigenvalue weighted by Gasteiger charge is -2.22. The molecule has 1 aliphatic heterocycles. The summed E-state index contributed by atoms with van der Waals surface area (Å²) >= 11 is 0. The molecule has 1 aliphatic carbocycles. The smallest absolute Gasteiger partial charge is 0.246 e. The Balaban J connectivity index is 1.16. The number of para-hydroxylation sites is 1. The number of aromatic nitrogens is 4. The zero-order valence-electron chi connectivity index (χ0n) is 22.6. The second-order valence-electron chi connectivity index (χ2n) is 10.6. The van der Waals surface area contributed by atoms with Crippen LogP contribution < -0.4 is 15.8 Å². The Labute approximate surface area is 234 Å². The van der Waals surface area contributed by atoms with Gasteiger partial charge in [-0.2, -0.15) is 5.10 Å². The second kappa shape index (κ2) is 11.9. The fourth-order valence-electron chi connectivity index (χ4n) is 5.71. The van der Waals surface area contributed by atoms with Gasteiger partial charge in [-0.05, 0) is 55.7 Å². The van der Waals surface area contributed by atoms with E-state index in [2.05, 4.69) is 15.3 Å². The quantitative estimate of drug-likeness (QED) is 0.300. The van der Waals surface area contributed by atoms with Crippen LogP contribution in [0.1, 0.15) is 44.6 Å². The Morgan fingerprint density at radius 3 is 2.58 bits per heavy atom. The first-order chi connectivity index (χ1) is 19.7. The van der Waals surface area contributed by atoms with Gasteiger partial charge >= 0.3 is 0 Å². The molecule has 0 unspecified atom stereocenters. The van der Waals surface area contributed by atoms with Crippen LogP contribution in [0, 0.1) is 0 Å². The molecule has 9 nitrogen and oxygen atoms in total. The highest BCUT2D eigenvalue weighted by atomic mass is 16.5. The van der Waals surface area contributed by atoms with E-state index in [-0.39, 0.29) is 11.9 Å². The minimum absolute atomic E-state index is 0.00366. The average molecular weight is 538 g/mol. The molecule has 2 aromatic carbocycles. The molecule has 3 N–H and O–H groups in total. The first-order valence-electron chi connectivity index (χ1n) is 14.2. The van der Waals surface area contributed by atoms with Crippen LogP contribution in [0.15, 0.2) is 73.1 Å². The van der Waals surface area contributed by atoms with E-state index in [1.54, 1.807) is 6.08 Å². The van der Waals surface area contributed by atoms with Crippen LogP contribution in [0.2, 0.25) is 0 Å². The topological polar surface area (TPSA) is 111 Å². The zero-order valence-corrected chi connectivity index (χ0v) is 22.6. The molecular weight excluding hydrogens is 502 g/mol. The van der Waals surface area contributed by atoms with E-state index >= 15 is 0 Å². The Morgan fingerprint density at radius 1 is 1.00 bits per heavy atom. The third-order valence-corrected chi connectivity index (χ3v) is 7.84. The maximum atomic E-state index is 12.9. The van der Waals surface area contributed by atoms with Crippen molar-refractivity contribution in [3.05, 3.63) is 73.1 Å². The van der Waals surface area contributed by atoms with E-state index in [0.29, 0.717) is 30.6 Å². The van der Waals surface area contributed by atoms with Crippen molar-refractivity contribution in [3.8, 4) is 22.8 Å². The van der Waals surface area contributed by atoms with Crippen molar-refractivity contribution in [2.75, 3.05) is 25.4 Å². The number of amides is 1. The number of likely N-dealkylation sites (tertiary alicyclic amines) is 1. The van der Waals surface area contributed by atoms with E-state index in [0.717, 1.165) is 41.1 Å². The van der Waals surface area contributed by atoms with Crippen molar-refractivity contribution >= 4 is 22.8 Å². The number of nitrogens with zero attached hydrogens (tertiary/aromatic N) is 5. The third-order valence-electron chi connectivity index (χ3n) is 7.84. The lowest BCUT2D eigenvalue weighted by molar-refractivity contribution is -0.125. The lowest BCUT2D eigenvalue weighted by Crippen LogP contribution is -2.31. The predicted molar refractivity (Wildman–Crippen MR) is 156 cm³/mol. The van der Waals surface area contributed by atoms with E-state index in [9.17, 15) is 4.79 Å². The van der Waals surface area contributed by atoms with Crippen molar-refractivity contribution in [1.82, 2.24) is 30.0 Å². The Bertz CT molecular complexity index is 1480. The van der Waals surface area contributed by atoms with Crippen molar-refractivity contribution in [2.45, 2.75) is 50.6 Å². The van der Waals surface area contributed by atoms with E-state index in [1.807, 2.05) is 70.3 Å². The first-order valence-corrected chi connectivity index (χ1v) is 14.2. The van der Waals surface area contributed by atoms with Crippen molar-refractivity contribution in [2.24, 2.45) is 0 Å². The number of carbonyl (C=O) groups excluding carboxylic acids is 1. The largest absolute Gasteiger partial charge is 0.457 e. The average Bonchev–Trinajstić information content (AvgIpc) is 3.63. The number of nitrogens with one attached hydrogen (secondary N) is 1. The van der Waals surface area contributed by atoms with Gasteiger partial charge in [0.15, 0.2) is 5.65 Å². The van der Waals surface area contributed by atoms with Crippen LogP contribution in [0.4, 0.5) is 5.82 Å². The molecule has 3 heterocycles. The van der Waals surface area contributed by atoms with Crippen LogP contribution in [-0.4, -0.2) is 56.2 Å². The maximum absolute atomic E-state index is 12.9. The Kier molecular flexibility index (Phi) is 7.72. The van der Waals surface area contributed by atoms with Crippen LogP contribution >= 0.6 is 0 Å². The second-order valence-corrected chi connectivity index (χ2v) is 10.6. The molecule has 6 rings (SSSR count). The van der Waals surface area contributed by atoms with E-state index < -0.39 is 0 Å². The minimum atomic E-state index is 0.00366. The fraction of sp³-hybridized carbons (Fsp3) is 0.355. The molecule has 0 radical (unpaired) electrons. The summed E-state index contributed by atoms with van der Waals surface area (Å²) in [5.41, 5.74) is 8.62. The van der Waals surface area contributed by atoms with Gasteiger partial charge in [0.25, 0.3) is 0 Å². The molecular formula is C31H35N7O2. The molecule has 2 aromatic heterocycles. The highest BCUT2D eigenvalue weighted by molar-refractivity contribution is 5.98. The summed E-state index contributed by atoms with van der Waals surface area (Å²) < 4.78 is 7.86. The molecule has 1 saturated carbocycles. The third kappa shape index (κ3) is 5.70. The lowest BCUT2D eigenvalue weighted by atomic mass is 9.95. The molecule has 9 heteroatoms. The number of benzene rings is 2. The molecule has 40 heavy (non-hydrogen) atoms.